The smallest absolute Gasteiger partial charge is 0.273 e. The summed E-state index contributed by atoms with van der Waals surface area (Å²) in [5.74, 6) is -1.23. The van der Waals surface area contributed by atoms with E-state index in [-0.39, 0.29) is 46.7 Å². The first-order valence-electron chi connectivity index (χ1n) is 9.19. The zero-order valence-electron chi connectivity index (χ0n) is 16.2. The van der Waals surface area contributed by atoms with Crippen molar-refractivity contribution in [2.45, 2.75) is 13.3 Å². The van der Waals surface area contributed by atoms with Crippen LogP contribution in [0, 0.1) is 17.0 Å². The van der Waals surface area contributed by atoms with Crippen molar-refractivity contribution in [3.05, 3.63) is 79.8 Å². The predicted octanol–water partition coefficient (Wildman–Crippen LogP) is 2.85. The van der Waals surface area contributed by atoms with Gasteiger partial charge in [-0.05, 0) is 25.1 Å². The molecule has 11 heteroatoms. The van der Waals surface area contributed by atoms with Crippen LogP contribution in [0.3, 0.4) is 0 Å². The highest BCUT2D eigenvalue weighted by Crippen LogP contribution is 2.25. The lowest BCUT2D eigenvalue weighted by Gasteiger charge is -2.12. The van der Waals surface area contributed by atoms with E-state index in [1.54, 1.807) is 24.3 Å². The fraction of sp³-hybridized carbons (Fsp3) is 0.150. The molecule has 0 fully saturated rings. The number of carbonyl (C=O) groups is 3. The van der Waals surface area contributed by atoms with Crippen LogP contribution in [0.15, 0.2) is 42.5 Å². The average Bonchev–Trinajstić information content (AvgIpc) is 3.29. The van der Waals surface area contributed by atoms with Gasteiger partial charge in [-0.25, -0.2) is 0 Å². The van der Waals surface area contributed by atoms with Gasteiger partial charge in [0.05, 0.1) is 16.1 Å². The minimum atomic E-state index is -0.547. The van der Waals surface area contributed by atoms with Gasteiger partial charge in [0.25, 0.3) is 23.4 Å². The summed E-state index contributed by atoms with van der Waals surface area (Å²) >= 11 is 1.10. The van der Waals surface area contributed by atoms with Gasteiger partial charge in [0, 0.05) is 30.2 Å². The molecule has 1 N–H and O–H groups in total. The number of imide groups is 1. The minimum absolute atomic E-state index is 0.138. The second-order valence-corrected chi connectivity index (χ2v) is 7.78. The third kappa shape index (κ3) is 3.78. The zero-order chi connectivity index (χ0) is 22.1. The predicted molar refractivity (Wildman–Crippen MR) is 111 cm³/mol. The lowest BCUT2D eigenvalue weighted by atomic mass is 10.1. The Morgan fingerprint density at radius 2 is 1.77 bits per heavy atom. The monoisotopic (exact) mass is 437 g/mol. The van der Waals surface area contributed by atoms with E-state index >= 15 is 0 Å². The Bertz CT molecular complexity index is 1200. The van der Waals surface area contributed by atoms with Crippen LogP contribution in [-0.4, -0.2) is 44.3 Å². The van der Waals surface area contributed by atoms with Crippen molar-refractivity contribution >= 4 is 39.9 Å². The molecule has 0 saturated heterocycles. The highest BCUT2D eigenvalue weighted by Gasteiger charge is 2.34. The van der Waals surface area contributed by atoms with Gasteiger partial charge in [0.2, 0.25) is 5.13 Å². The molecule has 4 rings (SSSR count). The molecule has 0 spiro atoms. The summed E-state index contributed by atoms with van der Waals surface area (Å²) in [6.07, 6.45) is 0.287. The summed E-state index contributed by atoms with van der Waals surface area (Å²) in [7, 11) is 0. The van der Waals surface area contributed by atoms with Crippen molar-refractivity contribution in [1.29, 1.82) is 0 Å². The molecule has 156 valence electrons. The minimum Gasteiger partial charge on any atom is -0.296 e. The maximum atomic E-state index is 12.5. The number of rotatable bonds is 6. The van der Waals surface area contributed by atoms with Gasteiger partial charge in [-0.2, -0.15) is 0 Å². The van der Waals surface area contributed by atoms with E-state index in [0.717, 1.165) is 16.2 Å². The fourth-order valence-corrected chi connectivity index (χ4v) is 4.01. The van der Waals surface area contributed by atoms with E-state index in [2.05, 4.69) is 15.5 Å². The zero-order valence-corrected chi connectivity index (χ0v) is 17.0. The number of nitro groups is 1. The molecule has 3 aromatic rings. The standard InChI is InChI=1S/C20H15N5O5S/c1-11-12(7-4-8-15(11)25(29)30)17(26)21-20-23-22-16(31-20)9-10-24-18(27)13-5-2-3-6-14(13)19(24)28/h2-8H,9-10H2,1H3,(H,21,23,26). The Morgan fingerprint density at radius 1 is 1.10 bits per heavy atom. The average molecular weight is 437 g/mol. The van der Waals surface area contributed by atoms with E-state index < -0.39 is 10.8 Å². The number of benzene rings is 2. The van der Waals surface area contributed by atoms with Crippen molar-refractivity contribution in [2.24, 2.45) is 0 Å². The molecule has 2 aromatic carbocycles. The van der Waals surface area contributed by atoms with Gasteiger partial charge in [0.15, 0.2) is 0 Å². The van der Waals surface area contributed by atoms with Crippen LogP contribution in [0.4, 0.5) is 10.8 Å². The molecule has 0 saturated carbocycles. The van der Waals surface area contributed by atoms with E-state index in [9.17, 15) is 24.5 Å². The molecular formula is C20H15N5O5S. The van der Waals surface area contributed by atoms with Crippen molar-refractivity contribution in [3.63, 3.8) is 0 Å². The van der Waals surface area contributed by atoms with Crippen LogP contribution >= 0.6 is 11.3 Å². The molecule has 0 atom stereocenters. The summed E-state index contributed by atoms with van der Waals surface area (Å²) in [5, 5.41) is 22.3. The molecular weight excluding hydrogens is 422 g/mol. The van der Waals surface area contributed by atoms with Gasteiger partial charge < -0.3 is 0 Å². The molecule has 0 unspecified atom stereocenters. The first-order chi connectivity index (χ1) is 14.9. The molecule has 1 aliphatic heterocycles. The third-order valence-corrected chi connectivity index (χ3v) is 5.76. The van der Waals surface area contributed by atoms with Crippen LogP contribution in [0.25, 0.3) is 0 Å². The van der Waals surface area contributed by atoms with Crippen LogP contribution in [-0.2, 0) is 6.42 Å². The molecule has 3 amide bonds. The molecule has 0 aliphatic carbocycles. The summed E-state index contributed by atoms with van der Waals surface area (Å²) in [4.78, 5) is 49.0. The molecule has 2 heterocycles. The number of fused-ring (bicyclic) bond motifs is 1. The maximum Gasteiger partial charge on any atom is 0.273 e. The number of nitrogens with zero attached hydrogens (tertiary/aromatic N) is 4. The number of carbonyl (C=O) groups excluding carboxylic acids is 3. The van der Waals surface area contributed by atoms with Crippen LogP contribution < -0.4 is 5.32 Å². The number of amides is 3. The van der Waals surface area contributed by atoms with Crippen molar-refractivity contribution in [1.82, 2.24) is 15.1 Å². The van der Waals surface area contributed by atoms with Gasteiger partial charge in [0.1, 0.15) is 5.01 Å². The lowest BCUT2D eigenvalue weighted by molar-refractivity contribution is -0.385. The molecule has 31 heavy (non-hydrogen) atoms. The highest BCUT2D eigenvalue weighted by molar-refractivity contribution is 7.15. The van der Waals surface area contributed by atoms with Gasteiger partial charge >= 0.3 is 0 Å². The lowest BCUT2D eigenvalue weighted by Crippen LogP contribution is -2.31. The number of hydrogen-bond acceptors (Lipinski definition) is 8. The van der Waals surface area contributed by atoms with Gasteiger partial charge in [-0.3, -0.25) is 34.7 Å². The molecule has 0 radical (unpaired) electrons. The first kappa shape index (κ1) is 20.3. The normalized spacial score (nSPS) is 12.7. The molecule has 0 bridgehead atoms. The Labute approximate surface area is 179 Å². The summed E-state index contributed by atoms with van der Waals surface area (Å²) in [6.45, 7) is 1.64. The van der Waals surface area contributed by atoms with E-state index in [0.29, 0.717) is 16.1 Å². The number of hydrogen-bond donors (Lipinski definition) is 1. The van der Waals surface area contributed by atoms with Crippen LogP contribution in [0.1, 0.15) is 41.6 Å². The summed E-state index contributed by atoms with van der Waals surface area (Å²) in [5.41, 5.74) is 1.03. The van der Waals surface area contributed by atoms with Crippen molar-refractivity contribution in [3.8, 4) is 0 Å². The Kier molecular flexibility index (Phi) is 5.26. The molecule has 1 aliphatic rings. The Morgan fingerprint density at radius 3 is 2.42 bits per heavy atom. The summed E-state index contributed by atoms with van der Waals surface area (Å²) in [6, 6.07) is 10.9. The molecule has 1 aromatic heterocycles. The number of aromatic nitrogens is 2. The number of nitro benzene ring substituents is 1. The Balaban J connectivity index is 1.41. The SMILES string of the molecule is Cc1c(C(=O)Nc2nnc(CCN3C(=O)c4ccccc4C3=O)s2)cccc1[N+](=O)[O-]. The summed E-state index contributed by atoms with van der Waals surface area (Å²) < 4.78 is 0. The van der Waals surface area contributed by atoms with E-state index in [4.69, 9.17) is 0 Å². The van der Waals surface area contributed by atoms with E-state index in [1.165, 1.54) is 25.1 Å². The second-order valence-electron chi connectivity index (χ2n) is 6.72. The fourth-order valence-electron chi connectivity index (χ4n) is 3.29. The second kappa shape index (κ2) is 8.03. The molecule has 10 nitrogen and oxygen atoms in total. The largest absolute Gasteiger partial charge is 0.296 e. The van der Waals surface area contributed by atoms with Gasteiger partial charge in [-0.15, -0.1) is 10.2 Å². The van der Waals surface area contributed by atoms with Crippen molar-refractivity contribution < 1.29 is 19.3 Å². The van der Waals surface area contributed by atoms with Crippen LogP contribution in [0.5, 0.6) is 0 Å². The van der Waals surface area contributed by atoms with Crippen LogP contribution in [0.2, 0.25) is 0 Å². The number of nitrogens with one attached hydrogen (secondary N) is 1. The Hall–Kier alpha value is -3.99. The van der Waals surface area contributed by atoms with Crippen molar-refractivity contribution in [2.75, 3.05) is 11.9 Å². The van der Waals surface area contributed by atoms with Gasteiger partial charge in [-0.1, -0.05) is 29.5 Å². The highest BCUT2D eigenvalue weighted by atomic mass is 32.1. The first-order valence-corrected chi connectivity index (χ1v) is 10.0. The quantitative estimate of drug-likeness (QED) is 0.356. The maximum absolute atomic E-state index is 12.5. The van der Waals surface area contributed by atoms with E-state index in [1.807, 2.05) is 0 Å². The third-order valence-electron chi connectivity index (χ3n) is 4.86. The number of anilines is 1. The topological polar surface area (TPSA) is 135 Å².